The van der Waals surface area contributed by atoms with Crippen LogP contribution >= 0.6 is 11.3 Å². The topological polar surface area (TPSA) is 46.8 Å². The fraction of sp³-hybridized carbons (Fsp3) is 0.188. The van der Waals surface area contributed by atoms with Gasteiger partial charge < -0.3 is 4.90 Å². The minimum absolute atomic E-state index is 0.771. The molecule has 0 aliphatic carbocycles. The molecule has 0 aliphatic heterocycles. The Kier molecular flexibility index (Phi) is 3.04. The van der Waals surface area contributed by atoms with E-state index in [2.05, 4.69) is 40.2 Å². The first kappa shape index (κ1) is 13.2. The molecule has 0 bridgehead atoms. The molecule has 0 N–H and O–H groups in total. The van der Waals surface area contributed by atoms with Crippen LogP contribution in [0.4, 0.5) is 5.69 Å². The van der Waals surface area contributed by atoms with Gasteiger partial charge in [0, 0.05) is 20.3 Å². The fourth-order valence-electron chi connectivity index (χ4n) is 2.64. The van der Waals surface area contributed by atoms with Crippen LogP contribution in [0.25, 0.3) is 21.3 Å². The molecule has 4 rings (SSSR count). The first-order valence-corrected chi connectivity index (χ1v) is 7.86. The zero-order valence-corrected chi connectivity index (χ0v) is 13.2. The third-order valence-corrected chi connectivity index (χ3v) is 4.76. The smallest absolute Gasteiger partial charge is 0.159 e. The summed E-state index contributed by atoms with van der Waals surface area (Å²) < 4.78 is 3.02. The first-order valence-electron chi connectivity index (χ1n) is 7.04. The van der Waals surface area contributed by atoms with Crippen LogP contribution < -0.4 is 4.90 Å². The lowest BCUT2D eigenvalue weighted by Crippen LogP contribution is -2.16. The van der Waals surface area contributed by atoms with E-state index in [1.54, 1.807) is 16.0 Å². The number of thiazole rings is 1. The molecule has 0 unspecified atom stereocenters. The van der Waals surface area contributed by atoms with Crippen molar-refractivity contribution < 1.29 is 0 Å². The normalized spacial score (nSPS) is 11.4. The van der Waals surface area contributed by atoms with Crippen molar-refractivity contribution in [2.75, 3.05) is 11.9 Å². The predicted molar refractivity (Wildman–Crippen MR) is 90.2 cm³/mol. The van der Waals surface area contributed by atoms with Gasteiger partial charge in [-0.15, -0.1) is 11.3 Å². The number of anilines is 1. The number of hydrogen-bond donors (Lipinski definition) is 0. The minimum atomic E-state index is 0.771. The van der Waals surface area contributed by atoms with E-state index >= 15 is 0 Å². The zero-order valence-electron chi connectivity index (χ0n) is 12.4. The van der Waals surface area contributed by atoms with E-state index in [9.17, 15) is 0 Å². The Morgan fingerprint density at radius 3 is 2.95 bits per heavy atom. The van der Waals surface area contributed by atoms with Crippen LogP contribution in [0.3, 0.4) is 0 Å². The van der Waals surface area contributed by atoms with Gasteiger partial charge in [0.25, 0.3) is 0 Å². The molecule has 6 heteroatoms. The number of rotatable bonds is 3. The summed E-state index contributed by atoms with van der Waals surface area (Å²) in [7, 11) is 3.99. The fourth-order valence-corrected chi connectivity index (χ4v) is 3.66. The summed E-state index contributed by atoms with van der Waals surface area (Å²) in [4.78, 5) is 11.3. The van der Waals surface area contributed by atoms with E-state index in [1.165, 1.54) is 4.70 Å². The molecule has 0 aliphatic rings. The highest BCUT2D eigenvalue weighted by atomic mass is 32.1. The van der Waals surface area contributed by atoms with E-state index in [1.807, 2.05) is 31.6 Å². The van der Waals surface area contributed by atoms with E-state index in [0.29, 0.717) is 0 Å². The molecular formula is C16H15N5S. The van der Waals surface area contributed by atoms with Crippen LogP contribution in [0.2, 0.25) is 0 Å². The molecule has 3 aromatic heterocycles. The van der Waals surface area contributed by atoms with Gasteiger partial charge in [0.15, 0.2) is 5.65 Å². The Labute approximate surface area is 131 Å². The summed E-state index contributed by atoms with van der Waals surface area (Å²) in [5.41, 5.74) is 3.09. The van der Waals surface area contributed by atoms with E-state index in [0.717, 1.165) is 33.8 Å². The Balaban J connectivity index is 1.69. The van der Waals surface area contributed by atoms with Crippen LogP contribution in [0, 0.1) is 0 Å². The number of fused-ring (bicyclic) bond motifs is 2. The van der Waals surface area contributed by atoms with Crippen molar-refractivity contribution in [3.63, 3.8) is 0 Å². The lowest BCUT2D eigenvalue weighted by atomic mass is 10.2. The van der Waals surface area contributed by atoms with Gasteiger partial charge in [-0.05, 0) is 18.2 Å². The highest BCUT2D eigenvalue weighted by molar-refractivity contribution is 7.18. The summed E-state index contributed by atoms with van der Waals surface area (Å²) in [5.74, 6) is 0. The quantitative estimate of drug-likeness (QED) is 0.583. The number of benzene rings is 1. The number of aromatic nitrogens is 4. The van der Waals surface area contributed by atoms with Gasteiger partial charge in [-0.25, -0.2) is 9.97 Å². The molecule has 0 spiro atoms. The van der Waals surface area contributed by atoms with Crippen molar-refractivity contribution in [1.29, 1.82) is 0 Å². The number of pyridine rings is 1. The average Bonchev–Trinajstić information content (AvgIpc) is 3.10. The number of para-hydroxylation sites is 1. The third-order valence-electron chi connectivity index (χ3n) is 3.73. The maximum Gasteiger partial charge on any atom is 0.159 e. The van der Waals surface area contributed by atoms with Gasteiger partial charge in [-0.1, -0.05) is 12.1 Å². The Morgan fingerprint density at radius 1 is 1.23 bits per heavy atom. The molecular weight excluding hydrogens is 294 g/mol. The summed E-state index contributed by atoms with van der Waals surface area (Å²) in [6.07, 6.45) is 3.70. The molecule has 0 saturated carbocycles. The average molecular weight is 309 g/mol. The lowest BCUT2D eigenvalue weighted by Gasteiger charge is -2.18. The Hall–Kier alpha value is -2.47. The summed E-state index contributed by atoms with van der Waals surface area (Å²) in [5, 5.41) is 6.47. The second-order valence-electron chi connectivity index (χ2n) is 5.27. The molecule has 0 radical (unpaired) electrons. The first-order chi connectivity index (χ1) is 10.7. The van der Waals surface area contributed by atoms with Gasteiger partial charge in [0.05, 0.1) is 34.0 Å². The number of hydrogen-bond acceptors (Lipinski definition) is 5. The van der Waals surface area contributed by atoms with Crippen LogP contribution in [0.15, 0.2) is 42.7 Å². The van der Waals surface area contributed by atoms with Gasteiger partial charge >= 0.3 is 0 Å². The molecule has 4 aromatic rings. The van der Waals surface area contributed by atoms with E-state index in [-0.39, 0.29) is 0 Å². The standard InChI is InChI=1S/C16H15N5S/c1-20(10-15-19-12-5-3-4-6-14(12)22-15)13-7-8-17-16-11(13)9-18-21(16)2/h3-9H,10H2,1-2H3. The molecule has 0 fully saturated rings. The third kappa shape index (κ3) is 2.12. The van der Waals surface area contributed by atoms with Crippen LogP contribution in [0.5, 0.6) is 0 Å². The molecule has 3 heterocycles. The maximum absolute atomic E-state index is 4.70. The molecule has 1 aromatic carbocycles. The van der Waals surface area contributed by atoms with Gasteiger partial charge in [0.1, 0.15) is 5.01 Å². The van der Waals surface area contributed by atoms with Gasteiger partial charge in [0.2, 0.25) is 0 Å². The molecule has 5 nitrogen and oxygen atoms in total. The van der Waals surface area contributed by atoms with Crippen molar-refractivity contribution in [3.05, 3.63) is 47.7 Å². The second-order valence-corrected chi connectivity index (χ2v) is 6.38. The highest BCUT2D eigenvalue weighted by Crippen LogP contribution is 2.27. The molecule has 0 amide bonds. The van der Waals surface area contributed by atoms with Crippen molar-refractivity contribution in [3.8, 4) is 0 Å². The lowest BCUT2D eigenvalue weighted by molar-refractivity contribution is 0.786. The second kappa shape index (κ2) is 5.06. The predicted octanol–water partition coefficient (Wildman–Crippen LogP) is 3.21. The van der Waals surface area contributed by atoms with Crippen molar-refractivity contribution >= 4 is 38.3 Å². The van der Waals surface area contributed by atoms with Crippen LogP contribution in [0.1, 0.15) is 5.01 Å². The zero-order chi connectivity index (χ0) is 15.1. The van der Waals surface area contributed by atoms with Gasteiger partial charge in [-0.2, -0.15) is 5.10 Å². The van der Waals surface area contributed by atoms with Crippen LogP contribution in [-0.4, -0.2) is 26.8 Å². The Morgan fingerprint density at radius 2 is 2.09 bits per heavy atom. The molecule has 110 valence electrons. The van der Waals surface area contributed by atoms with Crippen LogP contribution in [-0.2, 0) is 13.6 Å². The highest BCUT2D eigenvalue weighted by Gasteiger charge is 2.12. The summed E-state index contributed by atoms with van der Waals surface area (Å²) in [6, 6.07) is 10.3. The summed E-state index contributed by atoms with van der Waals surface area (Å²) >= 11 is 1.74. The van der Waals surface area contributed by atoms with E-state index < -0.39 is 0 Å². The summed E-state index contributed by atoms with van der Waals surface area (Å²) in [6.45, 7) is 0.771. The van der Waals surface area contributed by atoms with Crippen molar-refractivity contribution in [2.45, 2.75) is 6.54 Å². The number of nitrogens with zero attached hydrogens (tertiary/aromatic N) is 5. The van der Waals surface area contributed by atoms with Gasteiger partial charge in [-0.3, -0.25) is 4.68 Å². The maximum atomic E-state index is 4.70. The van der Waals surface area contributed by atoms with E-state index in [4.69, 9.17) is 4.98 Å². The monoisotopic (exact) mass is 309 g/mol. The molecule has 0 saturated heterocycles. The molecule has 22 heavy (non-hydrogen) atoms. The van der Waals surface area contributed by atoms with Crippen molar-refractivity contribution in [2.24, 2.45) is 7.05 Å². The number of aryl methyl sites for hydroxylation is 1. The minimum Gasteiger partial charge on any atom is -0.367 e. The molecule has 0 atom stereocenters. The van der Waals surface area contributed by atoms with Crippen molar-refractivity contribution in [1.82, 2.24) is 19.7 Å². The largest absolute Gasteiger partial charge is 0.367 e. The Bertz CT molecular complexity index is 922. The SMILES string of the molecule is CN(Cc1nc2ccccc2s1)c1ccnc2c1cnn2C.